The summed E-state index contributed by atoms with van der Waals surface area (Å²) in [6, 6.07) is 13.2. The largest absolute Gasteiger partial charge is 0.397 e. The van der Waals surface area contributed by atoms with Crippen molar-refractivity contribution in [2.45, 2.75) is 24.0 Å². The molecule has 0 aliphatic heterocycles. The Kier molecular flexibility index (Phi) is 5.15. The predicted octanol–water partition coefficient (Wildman–Crippen LogP) is 4.35. The van der Waals surface area contributed by atoms with Crippen LogP contribution in [-0.4, -0.2) is 11.2 Å². The van der Waals surface area contributed by atoms with Crippen LogP contribution < -0.4 is 11.1 Å². The second-order valence-electron chi connectivity index (χ2n) is 4.80. The Bertz CT molecular complexity index is 660. The molecular weight excluding hydrogens is 304 g/mol. The van der Waals surface area contributed by atoms with Crippen molar-refractivity contribution in [3.8, 4) is 0 Å². The van der Waals surface area contributed by atoms with Crippen LogP contribution in [0.2, 0.25) is 5.02 Å². The molecule has 0 bridgehead atoms. The Balaban J connectivity index is 2.00. The van der Waals surface area contributed by atoms with E-state index in [2.05, 4.69) is 11.4 Å². The predicted molar refractivity (Wildman–Crippen MR) is 91.0 cm³/mol. The number of nitrogen functional groups attached to an aromatic ring is 1. The first kappa shape index (κ1) is 15.7. The van der Waals surface area contributed by atoms with Gasteiger partial charge in [-0.25, -0.2) is 0 Å². The number of carbonyl (C=O) groups is 1. The summed E-state index contributed by atoms with van der Waals surface area (Å²) in [6.45, 7) is 3.91. The van der Waals surface area contributed by atoms with E-state index in [1.54, 1.807) is 18.2 Å². The molecule has 3 N–H and O–H groups in total. The number of rotatable bonds is 4. The zero-order valence-electron chi connectivity index (χ0n) is 11.9. The van der Waals surface area contributed by atoms with E-state index in [0.717, 1.165) is 4.90 Å². The summed E-state index contributed by atoms with van der Waals surface area (Å²) in [5.74, 6) is -0.0665. The smallest absolute Gasteiger partial charge is 0.237 e. The van der Waals surface area contributed by atoms with Gasteiger partial charge in [0.2, 0.25) is 5.91 Å². The fourth-order valence-corrected chi connectivity index (χ4v) is 2.91. The summed E-state index contributed by atoms with van der Waals surface area (Å²) >= 11 is 7.38. The number of anilines is 2. The maximum absolute atomic E-state index is 12.2. The number of thioether (sulfide) groups is 1. The molecule has 5 heteroatoms. The maximum Gasteiger partial charge on any atom is 0.237 e. The minimum atomic E-state index is -0.205. The summed E-state index contributed by atoms with van der Waals surface area (Å²) in [6.07, 6.45) is 0. The lowest BCUT2D eigenvalue weighted by atomic mass is 10.2. The van der Waals surface area contributed by atoms with Crippen molar-refractivity contribution in [3.63, 3.8) is 0 Å². The number of nitrogens with two attached hydrogens (primary N) is 1. The molecule has 0 saturated carbocycles. The third kappa shape index (κ3) is 4.41. The number of carbonyl (C=O) groups excluding carboxylic acids is 1. The van der Waals surface area contributed by atoms with E-state index >= 15 is 0 Å². The highest BCUT2D eigenvalue weighted by Gasteiger charge is 2.15. The van der Waals surface area contributed by atoms with E-state index in [4.69, 9.17) is 17.3 Å². The van der Waals surface area contributed by atoms with Gasteiger partial charge < -0.3 is 11.1 Å². The number of hydrogen-bond acceptors (Lipinski definition) is 3. The highest BCUT2D eigenvalue weighted by Crippen LogP contribution is 2.26. The van der Waals surface area contributed by atoms with Crippen LogP contribution in [0, 0.1) is 6.92 Å². The summed E-state index contributed by atoms with van der Waals surface area (Å²) in [7, 11) is 0. The Labute approximate surface area is 133 Å². The molecule has 0 saturated heterocycles. The molecule has 110 valence electrons. The fourth-order valence-electron chi connectivity index (χ4n) is 1.81. The monoisotopic (exact) mass is 320 g/mol. The van der Waals surface area contributed by atoms with E-state index in [1.807, 2.05) is 32.0 Å². The molecule has 0 aliphatic carbocycles. The molecule has 3 nitrogen and oxygen atoms in total. The first-order valence-corrected chi connectivity index (χ1v) is 7.80. The van der Waals surface area contributed by atoms with E-state index in [-0.39, 0.29) is 11.2 Å². The van der Waals surface area contributed by atoms with Gasteiger partial charge in [-0.2, -0.15) is 0 Å². The first-order valence-electron chi connectivity index (χ1n) is 6.55. The van der Waals surface area contributed by atoms with E-state index < -0.39 is 0 Å². The van der Waals surface area contributed by atoms with Crippen molar-refractivity contribution in [1.82, 2.24) is 0 Å². The van der Waals surface area contributed by atoms with Crippen molar-refractivity contribution in [3.05, 3.63) is 53.1 Å². The van der Waals surface area contributed by atoms with Gasteiger partial charge in [-0.05, 0) is 44.2 Å². The molecule has 0 fully saturated rings. The van der Waals surface area contributed by atoms with Gasteiger partial charge in [0.15, 0.2) is 0 Å². The molecular formula is C16H17ClN2OS. The summed E-state index contributed by atoms with van der Waals surface area (Å²) in [4.78, 5) is 13.3. The molecule has 2 aromatic rings. The maximum atomic E-state index is 12.2. The van der Waals surface area contributed by atoms with Crippen molar-refractivity contribution >= 4 is 40.6 Å². The second kappa shape index (κ2) is 6.87. The Hall–Kier alpha value is -1.65. The fraction of sp³-hybridized carbons (Fsp3) is 0.188. The quantitative estimate of drug-likeness (QED) is 0.650. The van der Waals surface area contributed by atoms with E-state index in [1.165, 1.54) is 17.3 Å². The molecule has 0 radical (unpaired) electrons. The molecule has 0 heterocycles. The van der Waals surface area contributed by atoms with Gasteiger partial charge in [-0.15, -0.1) is 11.8 Å². The number of benzene rings is 2. The van der Waals surface area contributed by atoms with Crippen LogP contribution in [0.25, 0.3) is 0 Å². The minimum absolute atomic E-state index is 0.0665. The highest BCUT2D eigenvalue weighted by molar-refractivity contribution is 8.00. The molecule has 2 rings (SSSR count). The third-order valence-corrected chi connectivity index (χ3v) is 4.37. The van der Waals surface area contributed by atoms with Crippen molar-refractivity contribution in [2.24, 2.45) is 0 Å². The third-order valence-electron chi connectivity index (χ3n) is 2.94. The lowest BCUT2D eigenvalue weighted by Gasteiger charge is -2.13. The SMILES string of the molecule is Cc1cccc(SC(C)C(=O)Nc2ccc(Cl)c(N)c2)c1. The van der Waals surface area contributed by atoms with Crippen LogP contribution >= 0.6 is 23.4 Å². The zero-order valence-corrected chi connectivity index (χ0v) is 13.5. The van der Waals surface area contributed by atoms with Gasteiger partial charge >= 0.3 is 0 Å². The summed E-state index contributed by atoms with van der Waals surface area (Å²) in [5.41, 5.74) is 8.01. The molecule has 0 aromatic heterocycles. The minimum Gasteiger partial charge on any atom is -0.397 e. The molecule has 1 unspecified atom stereocenters. The number of nitrogens with one attached hydrogen (secondary N) is 1. The van der Waals surface area contributed by atoms with E-state index in [0.29, 0.717) is 16.4 Å². The molecule has 2 aromatic carbocycles. The summed E-state index contributed by atoms with van der Waals surface area (Å²) < 4.78 is 0. The average molecular weight is 321 g/mol. The molecule has 1 amide bonds. The van der Waals surface area contributed by atoms with Crippen LogP contribution in [-0.2, 0) is 4.79 Å². The van der Waals surface area contributed by atoms with Gasteiger partial charge in [0.1, 0.15) is 0 Å². The number of hydrogen-bond donors (Lipinski definition) is 2. The van der Waals surface area contributed by atoms with Crippen LogP contribution in [0.3, 0.4) is 0 Å². The van der Waals surface area contributed by atoms with Crippen LogP contribution in [0.1, 0.15) is 12.5 Å². The van der Waals surface area contributed by atoms with Crippen LogP contribution in [0.15, 0.2) is 47.4 Å². The van der Waals surface area contributed by atoms with Crippen molar-refractivity contribution in [2.75, 3.05) is 11.1 Å². The average Bonchev–Trinajstić information content (AvgIpc) is 2.43. The van der Waals surface area contributed by atoms with Crippen LogP contribution in [0.5, 0.6) is 0 Å². The summed E-state index contributed by atoms with van der Waals surface area (Å²) in [5, 5.41) is 3.12. The standard InChI is InChI=1S/C16H17ClN2OS/c1-10-4-3-5-13(8-10)21-11(2)16(20)19-12-6-7-14(17)15(18)9-12/h3-9,11H,18H2,1-2H3,(H,19,20). The highest BCUT2D eigenvalue weighted by atomic mass is 35.5. The zero-order chi connectivity index (χ0) is 15.4. The van der Waals surface area contributed by atoms with Crippen molar-refractivity contribution in [1.29, 1.82) is 0 Å². The van der Waals surface area contributed by atoms with Gasteiger partial charge in [-0.3, -0.25) is 4.79 Å². The lowest BCUT2D eigenvalue weighted by Crippen LogP contribution is -2.22. The Morgan fingerprint density at radius 3 is 2.71 bits per heavy atom. The number of aryl methyl sites for hydroxylation is 1. The van der Waals surface area contributed by atoms with Crippen LogP contribution in [0.4, 0.5) is 11.4 Å². The topological polar surface area (TPSA) is 55.1 Å². The second-order valence-corrected chi connectivity index (χ2v) is 6.62. The Morgan fingerprint density at radius 2 is 2.05 bits per heavy atom. The number of halogens is 1. The van der Waals surface area contributed by atoms with Crippen molar-refractivity contribution < 1.29 is 4.79 Å². The Morgan fingerprint density at radius 1 is 1.29 bits per heavy atom. The molecule has 0 aliphatic rings. The van der Waals surface area contributed by atoms with Gasteiger partial charge in [0.05, 0.1) is 16.0 Å². The normalized spacial score (nSPS) is 12.0. The number of amides is 1. The van der Waals surface area contributed by atoms with Gasteiger partial charge in [-0.1, -0.05) is 29.3 Å². The van der Waals surface area contributed by atoms with Gasteiger partial charge in [0, 0.05) is 10.6 Å². The molecule has 1 atom stereocenters. The van der Waals surface area contributed by atoms with E-state index in [9.17, 15) is 4.79 Å². The molecule has 0 spiro atoms. The molecule has 21 heavy (non-hydrogen) atoms. The van der Waals surface area contributed by atoms with Gasteiger partial charge in [0.25, 0.3) is 0 Å². The lowest BCUT2D eigenvalue weighted by molar-refractivity contribution is -0.115. The first-order chi connectivity index (χ1) is 9.95.